The number of piperidine rings is 1. The first-order valence-corrected chi connectivity index (χ1v) is 9.30. The van der Waals surface area contributed by atoms with Crippen molar-refractivity contribution in [1.29, 1.82) is 0 Å². The second-order valence-corrected chi connectivity index (χ2v) is 8.53. The number of anilines is 1. The molecule has 116 valence electrons. The summed E-state index contributed by atoms with van der Waals surface area (Å²) in [5, 5.41) is 0. The fourth-order valence-corrected chi connectivity index (χ4v) is 5.85. The summed E-state index contributed by atoms with van der Waals surface area (Å²) < 4.78 is 27.8. The van der Waals surface area contributed by atoms with Crippen molar-refractivity contribution in [3.05, 3.63) is 21.1 Å². The third-order valence-corrected chi connectivity index (χ3v) is 6.85. The van der Waals surface area contributed by atoms with Crippen LogP contribution < -0.4 is 11.5 Å². The number of sulfonamides is 1. The number of benzene rings is 1. The Balaban J connectivity index is 2.30. The first kappa shape index (κ1) is 16.7. The van der Waals surface area contributed by atoms with Crippen LogP contribution in [0.3, 0.4) is 0 Å². The summed E-state index contributed by atoms with van der Waals surface area (Å²) in [6.07, 6.45) is 0.866. The van der Waals surface area contributed by atoms with Crippen LogP contribution in [0.4, 0.5) is 5.69 Å². The molecule has 1 heterocycles. The van der Waals surface area contributed by atoms with E-state index in [4.69, 9.17) is 11.5 Å². The Hall–Kier alpha value is -0.640. The molecule has 1 aliphatic heterocycles. The van der Waals surface area contributed by atoms with Crippen molar-refractivity contribution in [3.63, 3.8) is 0 Å². The van der Waals surface area contributed by atoms with Gasteiger partial charge in [-0.05, 0) is 40.9 Å². The molecule has 21 heavy (non-hydrogen) atoms. The summed E-state index contributed by atoms with van der Waals surface area (Å²) in [5.41, 5.74) is 11.3. The third-order valence-electron chi connectivity index (χ3n) is 3.49. The van der Waals surface area contributed by atoms with Gasteiger partial charge in [0.15, 0.2) is 0 Å². The van der Waals surface area contributed by atoms with Gasteiger partial charge in [-0.3, -0.25) is 4.79 Å². The Labute approximate surface area is 140 Å². The topological polar surface area (TPSA) is 106 Å². The van der Waals surface area contributed by atoms with E-state index in [0.717, 1.165) is 0 Å². The molecule has 9 heteroatoms. The van der Waals surface area contributed by atoms with Crippen LogP contribution in [0.2, 0.25) is 0 Å². The van der Waals surface area contributed by atoms with E-state index in [1.54, 1.807) is 12.1 Å². The SMILES string of the molecule is NC(=O)C1CCN(S(=O)(=O)c2c(N)cc(Br)cc2Br)CC1. The Morgan fingerprint density at radius 2 is 1.81 bits per heavy atom. The van der Waals surface area contributed by atoms with E-state index >= 15 is 0 Å². The van der Waals surface area contributed by atoms with E-state index < -0.39 is 10.0 Å². The number of primary amides is 1. The Kier molecular flexibility index (Phi) is 4.96. The second-order valence-electron chi connectivity index (χ2n) is 4.89. The second kappa shape index (κ2) is 6.23. The molecule has 0 saturated carbocycles. The van der Waals surface area contributed by atoms with Gasteiger partial charge in [0.1, 0.15) is 4.90 Å². The number of hydrogen-bond acceptors (Lipinski definition) is 4. The Bertz CT molecular complexity index is 647. The Morgan fingerprint density at radius 3 is 2.29 bits per heavy atom. The number of rotatable bonds is 3. The van der Waals surface area contributed by atoms with Crippen LogP contribution >= 0.6 is 31.9 Å². The number of nitrogens with zero attached hydrogens (tertiary/aromatic N) is 1. The van der Waals surface area contributed by atoms with E-state index in [1.807, 2.05) is 0 Å². The number of nitrogen functional groups attached to an aromatic ring is 1. The predicted octanol–water partition coefficient (Wildman–Crippen LogP) is 1.68. The molecule has 4 N–H and O–H groups in total. The minimum Gasteiger partial charge on any atom is -0.398 e. The van der Waals surface area contributed by atoms with Crippen molar-refractivity contribution in [2.24, 2.45) is 11.7 Å². The Morgan fingerprint density at radius 1 is 1.24 bits per heavy atom. The summed E-state index contributed by atoms with van der Waals surface area (Å²) in [4.78, 5) is 11.2. The van der Waals surface area contributed by atoms with Gasteiger partial charge in [-0.1, -0.05) is 15.9 Å². The van der Waals surface area contributed by atoms with Gasteiger partial charge in [0.2, 0.25) is 15.9 Å². The quantitative estimate of drug-likeness (QED) is 0.697. The smallest absolute Gasteiger partial charge is 0.246 e. The van der Waals surface area contributed by atoms with Gasteiger partial charge in [0, 0.05) is 28.0 Å². The van der Waals surface area contributed by atoms with E-state index in [2.05, 4.69) is 31.9 Å². The first-order chi connectivity index (χ1) is 9.73. The average Bonchev–Trinajstić information content (AvgIpc) is 2.37. The summed E-state index contributed by atoms with van der Waals surface area (Å²) in [6.45, 7) is 0.524. The highest BCUT2D eigenvalue weighted by Gasteiger charge is 2.33. The van der Waals surface area contributed by atoms with Crippen molar-refractivity contribution in [2.45, 2.75) is 17.7 Å². The molecule has 0 aliphatic carbocycles. The molecule has 1 aliphatic rings. The normalized spacial score (nSPS) is 17.8. The highest BCUT2D eigenvalue weighted by Crippen LogP contribution is 2.34. The molecule has 1 aromatic rings. The lowest BCUT2D eigenvalue weighted by Crippen LogP contribution is -2.41. The van der Waals surface area contributed by atoms with Crippen LogP contribution in [0.5, 0.6) is 0 Å². The zero-order valence-electron chi connectivity index (χ0n) is 11.1. The first-order valence-electron chi connectivity index (χ1n) is 6.27. The standard InChI is InChI=1S/C12H15Br2N3O3S/c13-8-5-9(14)11(10(15)6-8)21(19,20)17-3-1-7(2-4-17)12(16)18/h5-7H,1-4,15H2,(H2,16,18). The average molecular weight is 441 g/mol. The molecule has 0 spiro atoms. The van der Waals surface area contributed by atoms with Crippen molar-refractivity contribution in [1.82, 2.24) is 4.31 Å². The van der Waals surface area contributed by atoms with Gasteiger partial charge >= 0.3 is 0 Å². The van der Waals surface area contributed by atoms with Gasteiger partial charge < -0.3 is 11.5 Å². The number of halogens is 2. The van der Waals surface area contributed by atoms with Crippen molar-refractivity contribution in [2.75, 3.05) is 18.8 Å². The fraction of sp³-hybridized carbons (Fsp3) is 0.417. The predicted molar refractivity (Wildman–Crippen MR) is 86.9 cm³/mol. The minimum absolute atomic E-state index is 0.0585. The lowest BCUT2D eigenvalue weighted by Gasteiger charge is -2.30. The van der Waals surface area contributed by atoms with Crippen LogP contribution in [0, 0.1) is 5.92 Å². The molecular weight excluding hydrogens is 426 g/mol. The van der Waals surface area contributed by atoms with Crippen molar-refractivity contribution >= 4 is 53.5 Å². The summed E-state index contributed by atoms with van der Waals surface area (Å²) in [7, 11) is -3.70. The molecule has 0 radical (unpaired) electrons. The van der Waals surface area contributed by atoms with Gasteiger partial charge in [0.25, 0.3) is 0 Å². The molecule has 1 fully saturated rings. The molecule has 6 nitrogen and oxygen atoms in total. The molecule has 2 rings (SSSR count). The number of carbonyl (C=O) groups is 1. The van der Waals surface area contributed by atoms with Gasteiger partial charge in [-0.15, -0.1) is 0 Å². The highest BCUT2D eigenvalue weighted by molar-refractivity contribution is 9.11. The summed E-state index contributed by atoms with van der Waals surface area (Å²) >= 11 is 6.51. The zero-order valence-corrected chi connectivity index (χ0v) is 15.0. The van der Waals surface area contributed by atoms with Crippen LogP contribution in [0.15, 0.2) is 26.0 Å². The van der Waals surface area contributed by atoms with E-state index in [9.17, 15) is 13.2 Å². The van der Waals surface area contributed by atoms with Crippen LogP contribution in [0.25, 0.3) is 0 Å². The minimum atomic E-state index is -3.70. The molecular formula is C12H15Br2N3O3S. The number of carbonyl (C=O) groups excluding carboxylic acids is 1. The molecule has 0 bridgehead atoms. The summed E-state index contributed by atoms with van der Waals surface area (Å²) in [5.74, 6) is -0.640. The van der Waals surface area contributed by atoms with Crippen LogP contribution in [0.1, 0.15) is 12.8 Å². The maximum atomic E-state index is 12.7. The van der Waals surface area contributed by atoms with Gasteiger partial charge in [0.05, 0.1) is 5.69 Å². The summed E-state index contributed by atoms with van der Waals surface area (Å²) in [6, 6.07) is 3.19. The lowest BCUT2D eigenvalue weighted by molar-refractivity contribution is -0.122. The lowest BCUT2D eigenvalue weighted by atomic mass is 9.98. The van der Waals surface area contributed by atoms with E-state index in [1.165, 1.54) is 4.31 Å². The molecule has 1 saturated heterocycles. The van der Waals surface area contributed by atoms with Crippen molar-refractivity contribution in [3.8, 4) is 0 Å². The van der Waals surface area contributed by atoms with Gasteiger partial charge in [-0.2, -0.15) is 4.31 Å². The molecule has 0 atom stereocenters. The maximum Gasteiger partial charge on any atom is 0.246 e. The molecule has 0 unspecified atom stereocenters. The highest BCUT2D eigenvalue weighted by atomic mass is 79.9. The largest absolute Gasteiger partial charge is 0.398 e. The van der Waals surface area contributed by atoms with E-state index in [-0.39, 0.29) is 35.5 Å². The van der Waals surface area contributed by atoms with E-state index in [0.29, 0.717) is 21.8 Å². The van der Waals surface area contributed by atoms with Crippen molar-refractivity contribution < 1.29 is 13.2 Å². The van der Waals surface area contributed by atoms with Crippen LogP contribution in [-0.4, -0.2) is 31.7 Å². The molecule has 1 aromatic carbocycles. The molecule has 1 amide bonds. The zero-order chi connectivity index (χ0) is 15.8. The van der Waals surface area contributed by atoms with Crippen LogP contribution in [-0.2, 0) is 14.8 Å². The number of nitrogens with two attached hydrogens (primary N) is 2. The monoisotopic (exact) mass is 439 g/mol. The van der Waals surface area contributed by atoms with Gasteiger partial charge in [-0.25, -0.2) is 8.42 Å². The number of amides is 1. The number of hydrogen-bond donors (Lipinski definition) is 2. The molecule has 0 aromatic heterocycles. The maximum absolute atomic E-state index is 12.7. The third kappa shape index (κ3) is 3.41. The fourth-order valence-electron chi connectivity index (χ4n) is 2.36.